The van der Waals surface area contributed by atoms with E-state index in [9.17, 15) is 8.78 Å². The molecule has 2 N–H and O–H groups in total. The standard InChI is InChI=1S/C9H10F2N2/c10-6-3-7(11)9(13-4-6)8(12)5-1-2-5/h3-5,8H,1-2,12H2/t8-/m0/s1. The van der Waals surface area contributed by atoms with Gasteiger partial charge in [0.15, 0.2) is 0 Å². The number of pyridine rings is 1. The van der Waals surface area contributed by atoms with Gasteiger partial charge in [-0.05, 0) is 18.8 Å². The first-order valence-electron chi connectivity index (χ1n) is 4.25. The smallest absolute Gasteiger partial charge is 0.149 e. The van der Waals surface area contributed by atoms with Crippen LogP contribution in [0.2, 0.25) is 0 Å². The van der Waals surface area contributed by atoms with Crippen molar-refractivity contribution in [3.8, 4) is 0 Å². The van der Waals surface area contributed by atoms with Crippen LogP contribution in [0, 0.1) is 17.6 Å². The van der Waals surface area contributed by atoms with Crippen molar-refractivity contribution in [3.05, 3.63) is 29.6 Å². The van der Waals surface area contributed by atoms with E-state index in [1.165, 1.54) is 0 Å². The van der Waals surface area contributed by atoms with Crippen LogP contribution >= 0.6 is 0 Å². The van der Waals surface area contributed by atoms with Crippen LogP contribution in [0.25, 0.3) is 0 Å². The maximum absolute atomic E-state index is 13.1. The van der Waals surface area contributed by atoms with E-state index in [0.717, 1.165) is 25.1 Å². The molecule has 2 nitrogen and oxygen atoms in total. The van der Waals surface area contributed by atoms with Gasteiger partial charge in [0.25, 0.3) is 0 Å². The number of hydrogen-bond donors (Lipinski definition) is 1. The van der Waals surface area contributed by atoms with Crippen molar-refractivity contribution < 1.29 is 8.78 Å². The molecular weight excluding hydrogens is 174 g/mol. The third kappa shape index (κ3) is 1.67. The second-order valence-corrected chi connectivity index (χ2v) is 3.38. The molecule has 2 rings (SSSR count). The Morgan fingerprint density at radius 1 is 1.46 bits per heavy atom. The van der Waals surface area contributed by atoms with Crippen LogP contribution in [0.5, 0.6) is 0 Å². The van der Waals surface area contributed by atoms with Crippen LogP contribution < -0.4 is 5.73 Å². The molecule has 1 heterocycles. The minimum atomic E-state index is -0.663. The summed E-state index contributed by atoms with van der Waals surface area (Å²) >= 11 is 0. The molecule has 1 atom stereocenters. The first-order chi connectivity index (χ1) is 6.18. The van der Waals surface area contributed by atoms with E-state index >= 15 is 0 Å². The van der Waals surface area contributed by atoms with Gasteiger partial charge in [-0.25, -0.2) is 8.78 Å². The van der Waals surface area contributed by atoms with Crippen molar-refractivity contribution in [2.45, 2.75) is 18.9 Å². The van der Waals surface area contributed by atoms with Crippen LogP contribution in [0.4, 0.5) is 8.78 Å². The van der Waals surface area contributed by atoms with Crippen molar-refractivity contribution in [1.29, 1.82) is 0 Å². The van der Waals surface area contributed by atoms with Gasteiger partial charge in [-0.15, -0.1) is 0 Å². The van der Waals surface area contributed by atoms with E-state index in [0.29, 0.717) is 5.92 Å². The molecule has 1 aliphatic rings. The average molecular weight is 184 g/mol. The van der Waals surface area contributed by atoms with Crippen LogP contribution in [0.3, 0.4) is 0 Å². The molecule has 0 aromatic carbocycles. The van der Waals surface area contributed by atoms with E-state index in [1.54, 1.807) is 0 Å². The lowest BCUT2D eigenvalue weighted by Gasteiger charge is -2.09. The highest BCUT2D eigenvalue weighted by Crippen LogP contribution is 2.39. The third-order valence-electron chi connectivity index (χ3n) is 2.28. The molecule has 1 aromatic heterocycles. The van der Waals surface area contributed by atoms with Crippen LogP contribution in [-0.4, -0.2) is 4.98 Å². The first kappa shape index (κ1) is 8.56. The molecule has 0 spiro atoms. The van der Waals surface area contributed by atoms with Gasteiger partial charge in [0.2, 0.25) is 0 Å². The molecule has 0 unspecified atom stereocenters. The van der Waals surface area contributed by atoms with E-state index in [2.05, 4.69) is 4.98 Å². The van der Waals surface area contributed by atoms with Crippen molar-refractivity contribution in [2.24, 2.45) is 11.7 Å². The van der Waals surface area contributed by atoms with Gasteiger partial charge >= 0.3 is 0 Å². The molecule has 1 aromatic rings. The molecule has 0 saturated heterocycles. The molecule has 1 saturated carbocycles. The summed E-state index contributed by atoms with van der Waals surface area (Å²) < 4.78 is 25.6. The maximum atomic E-state index is 13.1. The molecule has 0 amide bonds. The predicted octanol–water partition coefficient (Wildman–Crippen LogP) is 1.77. The number of nitrogens with two attached hydrogens (primary N) is 1. The second kappa shape index (κ2) is 3.03. The minimum Gasteiger partial charge on any atom is -0.322 e. The molecule has 70 valence electrons. The Morgan fingerprint density at radius 3 is 2.69 bits per heavy atom. The minimum absolute atomic E-state index is 0.184. The molecule has 1 fully saturated rings. The zero-order valence-electron chi connectivity index (χ0n) is 7.00. The summed E-state index contributed by atoms with van der Waals surface area (Å²) in [7, 11) is 0. The van der Waals surface area contributed by atoms with Gasteiger partial charge in [0.05, 0.1) is 17.9 Å². The second-order valence-electron chi connectivity index (χ2n) is 3.38. The van der Waals surface area contributed by atoms with Crippen LogP contribution in [-0.2, 0) is 0 Å². The van der Waals surface area contributed by atoms with Crippen molar-refractivity contribution >= 4 is 0 Å². The van der Waals surface area contributed by atoms with E-state index in [4.69, 9.17) is 5.73 Å². The summed E-state index contributed by atoms with van der Waals surface area (Å²) in [6.45, 7) is 0. The summed E-state index contributed by atoms with van der Waals surface area (Å²) in [6.07, 6.45) is 3.03. The molecular formula is C9H10F2N2. The highest BCUT2D eigenvalue weighted by atomic mass is 19.1. The number of aromatic nitrogens is 1. The van der Waals surface area contributed by atoms with Gasteiger partial charge in [0, 0.05) is 6.07 Å². The third-order valence-corrected chi connectivity index (χ3v) is 2.28. The predicted molar refractivity (Wildman–Crippen MR) is 43.8 cm³/mol. The Morgan fingerprint density at radius 2 is 2.15 bits per heavy atom. The summed E-state index contributed by atoms with van der Waals surface area (Å²) in [5, 5.41) is 0. The normalized spacial score (nSPS) is 18.7. The van der Waals surface area contributed by atoms with Gasteiger partial charge in [-0.3, -0.25) is 4.98 Å². The topological polar surface area (TPSA) is 38.9 Å². The Hall–Kier alpha value is -1.03. The summed E-state index contributed by atoms with van der Waals surface area (Å²) in [4.78, 5) is 3.66. The summed E-state index contributed by atoms with van der Waals surface area (Å²) in [5.74, 6) is -0.976. The largest absolute Gasteiger partial charge is 0.322 e. The quantitative estimate of drug-likeness (QED) is 0.760. The molecule has 0 bridgehead atoms. The van der Waals surface area contributed by atoms with Gasteiger partial charge < -0.3 is 5.73 Å². The summed E-state index contributed by atoms with van der Waals surface area (Å²) in [5.41, 5.74) is 5.91. The van der Waals surface area contributed by atoms with Crippen molar-refractivity contribution in [2.75, 3.05) is 0 Å². The fraction of sp³-hybridized carbons (Fsp3) is 0.444. The summed E-state index contributed by atoms with van der Waals surface area (Å²) in [6, 6.07) is 0.450. The van der Waals surface area contributed by atoms with Crippen molar-refractivity contribution in [3.63, 3.8) is 0 Å². The molecule has 1 aliphatic carbocycles. The van der Waals surface area contributed by atoms with E-state index in [1.807, 2.05) is 0 Å². The first-order valence-corrected chi connectivity index (χ1v) is 4.25. The Bertz CT molecular complexity index is 323. The fourth-order valence-electron chi connectivity index (χ4n) is 1.35. The zero-order valence-corrected chi connectivity index (χ0v) is 7.00. The average Bonchev–Trinajstić information content (AvgIpc) is 2.85. The van der Waals surface area contributed by atoms with Crippen LogP contribution in [0.1, 0.15) is 24.6 Å². The maximum Gasteiger partial charge on any atom is 0.149 e. The monoisotopic (exact) mass is 184 g/mol. The number of halogens is 2. The lowest BCUT2D eigenvalue weighted by Crippen LogP contribution is -2.16. The van der Waals surface area contributed by atoms with E-state index in [-0.39, 0.29) is 11.7 Å². The lowest BCUT2D eigenvalue weighted by molar-refractivity contribution is 0.516. The van der Waals surface area contributed by atoms with Gasteiger partial charge in [0.1, 0.15) is 11.6 Å². The molecule has 4 heteroatoms. The Labute approximate surface area is 74.8 Å². The number of rotatable bonds is 2. The van der Waals surface area contributed by atoms with Crippen molar-refractivity contribution in [1.82, 2.24) is 4.98 Å². The Kier molecular flexibility index (Phi) is 2.00. The number of hydrogen-bond acceptors (Lipinski definition) is 2. The van der Waals surface area contributed by atoms with Gasteiger partial charge in [-0.2, -0.15) is 0 Å². The highest BCUT2D eigenvalue weighted by Gasteiger charge is 2.32. The molecule has 13 heavy (non-hydrogen) atoms. The SMILES string of the molecule is N[C@H](c1ncc(F)cc1F)C1CC1. The Balaban J connectivity index is 2.28. The highest BCUT2D eigenvalue weighted by molar-refractivity contribution is 5.14. The molecule has 0 radical (unpaired) electrons. The lowest BCUT2D eigenvalue weighted by atomic mass is 10.1. The zero-order chi connectivity index (χ0) is 9.42. The van der Waals surface area contributed by atoms with Gasteiger partial charge in [-0.1, -0.05) is 0 Å². The molecule has 0 aliphatic heterocycles. The van der Waals surface area contributed by atoms with Crippen LogP contribution in [0.15, 0.2) is 12.3 Å². The fourth-order valence-corrected chi connectivity index (χ4v) is 1.35. The van der Waals surface area contributed by atoms with E-state index < -0.39 is 11.6 Å². The number of nitrogens with zero attached hydrogens (tertiary/aromatic N) is 1.